The molecule has 1 heterocycles. The second-order valence-corrected chi connectivity index (χ2v) is 24.3. The molecule has 8 atom stereocenters. The van der Waals surface area contributed by atoms with Gasteiger partial charge in [0.15, 0.2) is 12.4 Å². The van der Waals surface area contributed by atoms with Gasteiger partial charge in [0.1, 0.15) is 24.4 Å². The van der Waals surface area contributed by atoms with Gasteiger partial charge in [-0.15, -0.1) is 0 Å². The van der Waals surface area contributed by atoms with E-state index < -0.39 is 67.4 Å². The minimum absolute atomic E-state index is 0.0969. The summed E-state index contributed by atoms with van der Waals surface area (Å²) in [6.07, 6.45) is 75.4. The zero-order valence-corrected chi connectivity index (χ0v) is 55.6. The second kappa shape index (κ2) is 62.5. The highest BCUT2D eigenvalue weighted by Gasteiger charge is 2.47. The van der Waals surface area contributed by atoms with Gasteiger partial charge in [0.2, 0.25) is 5.91 Å². The molecule has 1 amide bonds. The van der Waals surface area contributed by atoms with E-state index in [1.165, 1.54) is 135 Å². The Morgan fingerprint density at radius 2 is 0.793 bits per heavy atom. The van der Waals surface area contributed by atoms with Crippen LogP contribution in [0.1, 0.15) is 297 Å². The van der Waals surface area contributed by atoms with Crippen LogP contribution in [0, 0.1) is 0 Å². The van der Waals surface area contributed by atoms with Crippen molar-refractivity contribution >= 4 is 11.9 Å². The standard InChI is InChI=1S/C76H131NO10/c1-4-7-10-13-16-19-22-25-27-29-31-33-34-35-37-38-40-42-45-48-51-54-57-60-63-69(80)75(84)77-67(68(79)62-59-56-53-50-47-44-24-21-18-15-12-9-6-3)66-85-76-74(73(83)72(82)70(65-78)86-76)87-71(81)64-61-58-55-52-49-46-43-41-39-36-32-30-28-26-23-20-17-14-11-8-5-2/h16-17,19-20,25-28,31-33,35-37,41,43,59,62,67-70,72-74,76,78-80,82-83H,4-15,18,21-24,29-30,34,38-40,42,44-58,60-61,63-66H2,1-3H3,(H,77,84)/b19-16-,20-17-,27-25-,28-26-,33-31-,36-32-,37-35-,43-41-,62-59+. The minimum Gasteiger partial charge on any atom is -0.454 e. The molecule has 11 nitrogen and oxygen atoms in total. The smallest absolute Gasteiger partial charge is 0.306 e. The lowest BCUT2D eigenvalue weighted by molar-refractivity contribution is -0.305. The fourth-order valence-electron chi connectivity index (χ4n) is 10.5. The Bertz CT molecular complexity index is 1830. The molecular weight excluding hydrogens is 1090 g/mol. The van der Waals surface area contributed by atoms with E-state index in [2.05, 4.69) is 123 Å². The first-order valence-electron chi connectivity index (χ1n) is 35.7. The quantitative estimate of drug-likeness (QED) is 0.0195. The van der Waals surface area contributed by atoms with Gasteiger partial charge in [-0.05, 0) is 116 Å². The van der Waals surface area contributed by atoms with Crippen molar-refractivity contribution in [2.75, 3.05) is 13.2 Å². The van der Waals surface area contributed by atoms with Gasteiger partial charge in [0, 0.05) is 6.42 Å². The maximum Gasteiger partial charge on any atom is 0.306 e. The van der Waals surface area contributed by atoms with Gasteiger partial charge in [-0.1, -0.05) is 284 Å². The number of unbranched alkanes of at least 4 members (excludes halogenated alkanes) is 30. The van der Waals surface area contributed by atoms with Crippen LogP contribution in [-0.4, -0.2) is 99.6 Å². The monoisotopic (exact) mass is 1220 g/mol. The molecule has 1 aliphatic heterocycles. The van der Waals surface area contributed by atoms with Crippen molar-refractivity contribution in [3.8, 4) is 0 Å². The molecule has 0 aromatic heterocycles. The Morgan fingerprint density at radius 3 is 1.21 bits per heavy atom. The van der Waals surface area contributed by atoms with E-state index in [9.17, 15) is 35.1 Å². The van der Waals surface area contributed by atoms with Crippen molar-refractivity contribution in [2.24, 2.45) is 0 Å². The highest BCUT2D eigenvalue weighted by molar-refractivity contribution is 5.80. The summed E-state index contributed by atoms with van der Waals surface area (Å²) in [7, 11) is 0. The molecule has 8 unspecified atom stereocenters. The number of allylic oxidation sites excluding steroid dienone is 17. The van der Waals surface area contributed by atoms with Gasteiger partial charge >= 0.3 is 5.97 Å². The fourth-order valence-corrected chi connectivity index (χ4v) is 10.5. The van der Waals surface area contributed by atoms with Crippen LogP contribution in [-0.2, 0) is 23.8 Å². The molecule has 0 aromatic carbocycles. The molecule has 0 saturated carbocycles. The molecule has 1 aliphatic rings. The van der Waals surface area contributed by atoms with Crippen LogP contribution in [0.3, 0.4) is 0 Å². The number of rotatable bonds is 60. The lowest BCUT2D eigenvalue weighted by atomic mass is 9.99. The minimum atomic E-state index is -1.63. The summed E-state index contributed by atoms with van der Waals surface area (Å²) in [5, 5.41) is 57.3. The molecule has 1 saturated heterocycles. The number of ether oxygens (including phenoxy) is 3. The van der Waals surface area contributed by atoms with Crippen LogP contribution in [0.15, 0.2) is 109 Å². The number of hydrogen-bond donors (Lipinski definition) is 6. The van der Waals surface area contributed by atoms with Gasteiger partial charge in [0.05, 0.1) is 25.4 Å². The summed E-state index contributed by atoms with van der Waals surface area (Å²) >= 11 is 0. The topological polar surface area (TPSA) is 175 Å². The molecule has 0 aliphatic carbocycles. The van der Waals surface area contributed by atoms with Crippen LogP contribution in [0.5, 0.6) is 0 Å². The molecular formula is C76H131NO10. The molecule has 0 radical (unpaired) electrons. The summed E-state index contributed by atoms with van der Waals surface area (Å²) in [5.41, 5.74) is 0. The average Bonchev–Trinajstić information content (AvgIpc) is 1.53. The number of carbonyl (C=O) groups is 2. The Kier molecular flexibility index (Phi) is 58.4. The Balaban J connectivity index is 2.63. The van der Waals surface area contributed by atoms with Gasteiger partial charge < -0.3 is 45.1 Å². The summed E-state index contributed by atoms with van der Waals surface area (Å²) in [6, 6.07) is -1.04. The molecule has 500 valence electrons. The van der Waals surface area contributed by atoms with Crippen molar-refractivity contribution in [1.82, 2.24) is 5.32 Å². The van der Waals surface area contributed by atoms with Crippen LogP contribution in [0.25, 0.3) is 0 Å². The third-order valence-corrected chi connectivity index (χ3v) is 16.1. The van der Waals surface area contributed by atoms with Gasteiger partial charge in [-0.2, -0.15) is 0 Å². The summed E-state index contributed by atoms with van der Waals surface area (Å²) in [5.74, 6) is -1.22. The molecule has 1 fully saturated rings. The molecule has 0 aromatic rings. The zero-order valence-electron chi connectivity index (χ0n) is 55.6. The van der Waals surface area contributed by atoms with E-state index in [1.54, 1.807) is 6.08 Å². The van der Waals surface area contributed by atoms with Crippen LogP contribution < -0.4 is 5.32 Å². The SMILES string of the molecule is CCCCC/C=C\C/C=C\C/C=C\C/C=C\CCCCCCCCCCC(O)C(=O)NC(COC1OC(CO)C(O)C(O)C1OC(=O)CCCCCCC/C=C\C/C=C\C/C=C\C/C=C\CCCCC)C(O)/C=C/CCCCCCCCCCCCC. The lowest BCUT2D eigenvalue weighted by Gasteiger charge is -2.41. The van der Waals surface area contributed by atoms with E-state index in [0.29, 0.717) is 12.8 Å². The second-order valence-electron chi connectivity index (χ2n) is 24.3. The number of amides is 1. The van der Waals surface area contributed by atoms with E-state index in [0.717, 1.165) is 116 Å². The van der Waals surface area contributed by atoms with Crippen molar-refractivity contribution < 1.29 is 49.3 Å². The van der Waals surface area contributed by atoms with E-state index in [4.69, 9.17) is 14.2 Å². The largest absolute Gasteiger partial charge is 0.454 e. The average molecular weight is 1220 g/mol. The molecule has 0 bridgehead atoms. The van der Waals surface area contributed by atoms with E-state index in [1.807, 2.05) is 6.08 Å². The van der Waals surface area contributed by atoms with Crippen molar-refractivity contribution in [3.05, 3.63) is 109 Å². The fraction of sp³-hybridized carbons (Fsp3) is 0.737. The molecule has 6 N–H and O–H groups in total. The number of esters is 1. The van der Waals surface area contributed by atoms with E-state index in [-0.39, 0.29) is 19.4 Å². The van der Waals surface area contributed by atoms with Gasteiger partial charge in [-0.3, -0.25) is 9.59 Å². The summed E-state index contributed by atoms with van der Waals surface area (Å²) in [6.45, 7) is 5.74. The maximum atomic E-state index is 13.5. The molecule has 0 spiro atoms. The normalized spacial score (nSPS) is 18.9. The first-order valence-corrected chi connectivity index (χ1v) is 35.7. The highest BCUT2D eigenvalue weighted by atomic mass is 16.7. The predicted molar refractivity (Wildman–Crippen MR) is 365 cm³/mol. The summed E-state index contributed by atoms with van der Waals surface area (Å²) in [4.78, 5) is 26.7. The lowest BCUT2D eigenvalue weighted by Crippen LogP contribution is -2.61. The number of nitrogens with one attached hydrogen (secondary N) is 1. The number of hydrogen-bond acceptors (Lipinski definition) is 10. The van der Waals surface area contributed by atoms with Crippen LogP contribution in [0.2, 0.25) is 0 Å². The van der Waals surface area contributed by atoms with Crippen LogP contribution in [0.4, 0.5) is 0 Å². The van der Waals surface area contributed by atoms with Crippen molar-refractivity contribution in [3.63, 3.8) is 0 Å². The Hall–Kier alpha value is -3.68. The Labute approximate surface area is 532 Å². The van der Waals surface area contributed by atoms with Crippen molar-refractivity contribution in [2.45, 2.75) is 346 Å². The third-order valence-electron chi connectivity index (χ3n) is 16.1. The molecule has 87 heavy (non-hydrogen) atoms. The molecule has 11 heteroatoms. The van der Waals surface area contributed by atoms with Gasteiger partial charge in [0.25, 0.3) is 0 Å². The maximum absolute atomic E-state index is 13.5. The first kappa shape index (κ1) is 81.3. The first-order chi connectivity index (χ1) is 42.7. The number of aliphatic hydroxyl groups excluding tert-OH is 5. The van der Waals surface area contributed by atoms with Crippen molar-refractivity contribution in [1.29, 1.82) is 0 Å². The third kappa shape index (κ3) is 49.7. The van der Waals surface area contributed by atoms with Gasteiger partial charge in [-0.25, -0.2) is 0 Å². The predicted octanol–water partition coefficient (Wildman–Crippen LogP) is 18.4. The van der Waals surface area contributed by atoms with E-state index >= 15 is 0 Å². The van der Waals surface area contributed by atoms with Crippen LogP contribution >= 0.6 is 0 Å². The highest BCUT2D eigenvalue weighted by Crippen LogP contribution is 2.26. The zero-order chi connectivity index (χ0) is 63.1. The number of aliphatic hydroxyl groups is 5. The summed E-state index contributed by atoms with van der Waals surface area (Å²) < 4.78 is 17.7. The number of carbonyl (C=O) groups excluding carboxylic acids is 2. The Morgan fingerprint density at radius 1 is 0.448 bits per heavy atom. The molecule has 1 rings (SSSR count).